The summed E-state index contributed by atoms with van der Waals surface area (Å²) in [6.07, 6.45) is 3.38. The first kappa shape index (κ1) is 17.4. The summed E-state index contributed by atoms with van der Waals surface area (Å²) in [5.74, 6) is 0. The zero-order valence-electron chi connectivity index (χ0n) is 13.9. The van der Waals surface area contributed by atoms with Gasteiger partial charge in [0.1, 0.15) is 5.54 Å². The van der Waals surface area contributed by atoms with Gasteiger partial charge in [-0.1, -0.05) is 13.8 Å². The van der Waals surface area contributed by atoms with Crippen LogP contribution in [0.15, 0.2) is 0 Å². The van der Waals surface area contributed by atoms with Crippen LogP contribution in [-0.4, -0.2) is 60.6 Å². The molecule has 0 radical (unpaired) electrons. The van der Waals surface area contributed by atoms with Gasteiger partial charge in [0.2, 0.25) is 0 Å². The van der Waals surface area contributed by atoms with E-state index in [1.165, 1.54) is 32.5 Å². The van der Waals surface area contributed by atoms with Crippen LogP contribution in [0.4, 0.5) is 0 Å². The number of nitrogens with one attached hydrogen (secondary N) is 1. The van der Waals surface area contributed by atoms with Gasteiger partial charge >= 0.3 is 0 Å². The highest BCUT2D eigenvalue weighted by atomic mass is 15.2. The first-order valence-corrected chi connectivity index (χ1v) is 8.06. The van der Waals surface area contributed by atoms with E-state index < -0.39 is 5.54 Å². The number of nitrogens with zero attached hydrogens (tertiary/aromatic N) is 3. The lowest BCUT2D eigenvalue weighted by molar-refractivity contribution is 0.0933. The lowest BCUT2D eigenvalue weighted by Crippen LogP contribution is -2.50. The summed E-state index contributed by atoms with van der Waals surface area (Å²) in [6, 6.07) is 3.53. The Hall–Kier alpha value is -0.630. The second-order valence-corrected chi connectivity index (χ2v) is 6.36. The second kappa shape index (κ2) is 7.97. The molecule has 0 aromatic rings. The third-order valence-corrected chi connectivity index (χ3v) is 4.79. The van der Waals surface area contributed by atoms with Crippen molar-refractivity contribution in [2.24, 2.45) is 0 Å². The highest BCUT2D eigenvalue weighted by Gasteiger charge is 2.30. The molecular weight excluding hydrogens is 248 g/mol. The lowest BCUT2D eigenvalue weighted by Gasteiger charge is -2.40. The van der Waals surface area contributed by atoms with Gasteiger partial charge in [-0.05, 0) is 66.3 Å². The molecule has 20 heavy (non-hydrogen) atoms. The normalized spacial score (nSPS) is 22.4. The molecule has 1 aliphatic heterocycles. The largest absolute Gasteiger partial charge is 0.303 e. The summed E-state index contributed by atoms with van der Waals surface area (Å²) in [4.78, 5) is 5.01. The zero-order valence-corrected chi connectivity index (χ0v) is 13.9. The Bertz CT molecular complexity index is 317. The quantitative estimate of drug-likeness (QED) is 0.775. The molecule has 2 unspecified atom stereocenters. The maximum atomic E-state index is 9.39. The summed E-state index contributed by atoms with van der Waals surface area (Å²) in [7, 11) is 2.22. The van der Waals surface area contributed by atoms with E-state index in [0.717, 1.165) is 13.0 Å². The van der Waals surface area contributed by atoms with Crippen molar-refractivity contribution >= 4 is 0 Å². The van der Waals surface area contributed by atoms with E-state index in [2.05, 4.69) is 49.0 Å². The molecule has 0 spiro atoms. The third kappa shape index (κ3) is 4.73. The van der Waals surface area contributed by atoms with Gasteiger partial charge in [0, 0.05) is 12.1 Å². The van der Waals surface area contributed by atoms with Crippen LogP contribution in [0, 0.1) is 11.3 Å². The average molecular weight is 280 g/mol. The Labute approximate surface area is 125 Å². The van der Waals surface area contributed by atoms with Gasteiger partial charge < -0.3 is 9.80 Å². The number of rotatable bonds is 7. The summed E-state index contributed by atoms with van der Waals surface area (Å²) in [5, 5.41) is 12.7. The molecule has 0 saturated carbocycles. The number of hydrogen-bond donors (Lipinski definition) is 1. The maximum absolute atomic E-state index is 9.39. The van der Waals surface area contributed by atoms with Crippen molar-refractivity contribution in [2.45, 2.75) is 64.6 Å². The summed E-state index contributed by atoms with van der Waals surface area (Å²) in [6.45, 7) is 13.0. The van der Waals surface area contributed by atoms with E-state index >= 15 is 0 Å². The van der Waals surface area contributed by atoms with Crippen molar-refractivity contribution in [2.75, 3.05) is 33.2 Å². The molecule has 4 heteroatoms. The summed E-state index contributed by atoms with van der Waals surface area (Å²) < 4.78 is 0. The molecule has 1 N–H and O–H groups in total. The third-order valence-electron chi connectivity index (χ3n) is 4.79. The smallest absolute Gasteiger partial charge is 0.105 e. The first-order valence-electron chi connectivity index (χ1n) is 8.06. The Balaban J connectivity index is 2.51. The molecule has 1 saturated heterocycles. The van der Waals surface area contributed by atoms with E-state index in [4.69, 9.17) is 0 Å². The van der Waals surface area contributed by atoms with Crippen LogP contribution in [-0.2, 0) is 0 Å². The first-order chi connectivity index (χ1) is 9.45. The molecule has 0 bridgehead atoms. The van der Waals surface area contributed by atoms with E-state index in [0.29, 0.717) is 12.1 Å². The molecule has 0 amide bonds. The topological polar surface area (TPSA) is 42.3 Å². The Morgan fingerprint density at radius 1 is 1.40 bits per heavy atom. The number of nitriles is 1. The molecule has 0 aliphatic carbocycles. The van der Waals surface area contributed by atoms with Gasteiger partial charge in [0.25, 0.3) is 0 Å². The number of hydrogen-bond acceptors (Lipinski definition) is 4. The molecule has 1 rings (SSSR count). The number of piperidine rings is 1. The zero-order chi connectivity index (χ0) is 15.2. The van der Waals surface area contributed by atoms with Gasteiger partial charge in [-0.3, -0.25) is 5.32 Å². The average Bonchev–Trinajstić information content (AvgIpc) is 2.46. The molecule has 0 aromatic carbocycles. The van der Waals surface area contributed by atoms with Crippen molar-refractivity contribution < 1.29 is 0 Å². The molecule has 116 valence electrons. The van der Waals surface area contributed by atoms with E-state index in [9.17, 15) is 5.26 Å². The summed E-state index contributed by atoms with van der Waals surface area (Å²) in [5.41, 5.74) is -0.410. The van der Waals surface area contributed by atoms with Crippen molar-refractivity contribution in [3.63, 3.8) is 0 Å². The fourth-order valence-electron chi connectivity index (χ4n) is 3.29. The highest BCUT2D eigenvalue weighted by Crippen LogP contribution is 2.21. The van der Waals surface area contributed by atoms with Crippen LogP contribution in [0.2, 0.25) is 0 Å². The van der Waals surface area contributed by atoms with Crippen LogP contribution in [0.5, 0.6) is 0 Å². The molecule has 1 fully saturated rings. The van der Waals surface area contributed by atoms with E-state index in [1.54, 1.807) is 0 Å². The fourth-order valence-corrected chi connectivity index (χ4v) is 3.29. The summed E-state index contributed by atoms with van der Waals surface area (Å²) >= 11 is 0. The van der Waals surface area contributed by atoms with Gasteiger partial charge in [0.05, 0.1) is 6.07 Å². The molecular formula is C16H32N4. The van der Waals surface area contributed by atoms with Crippen LogP contribution < -0.4 is 5.32 Å². The second-order valence-electron chi connectivity index (χ2n) is 6.36. The van der Waals surface area contributed by atoms with Crippen molar-refractivity contribution in [3.05, 3.63) is 0 Å². The Morgan fingerprint density at radius 3 is 2.45 bits per heavy atom. The van der Waals surface area contributed by atoms with Crippen LogP contribution >= 0.6 is 0 Å². The molecule has 4 nitrogen and oxygen atoms in total. The predicted octanol–water partition coefficient (Wildman–Crippen LogP) is 2.07. The van der Waals surface area contributed by atoms with Gasteiger partial charge in [-0.2, -0.15) is 5.26 Å². The van der Waals surface area contributed by atoms with Crippen molar-refractivity contribution in [1.29, 1.82) is 5.26 Å². The van der Waals surface area contributed by atoms with E-state index in [1.807, 2.05) is 6.92 Å². The minimum Gasteiger partial charge on any atom is -0.303 e. The Kier molecular flexibility index (Phi) is 6.94. The van der Waals surface area contributed by atoms with Gasteiger partial charge in [-0.15, -0.1) is 0 Å². The molecule has 1 aliphatic rings. The van der Waals surface area contributed by atoms with Crippen molar-refractivity contribution in [1.82, 2.24) is 15.1 Å². The van der Waals surface area contributed by atoms with Gasteiger partial charge in [0.15, 0.2) is 0 Å². The fraction of sp³-hybridized carbons (Fsp3) is 0.938. The van der Waals surface area contributed by atoms with Crippen LogP contribution in [0.1, 0.15) is 47.0 Å². The predicted molar refractivity (Wildman–Crippen MR) is 84.7 cm³/mol. The standard InChI is InChI=1S/C16H32N4/c1-6-18-16(4,13-17)12-14(3)19(5)15-8-10-20(7-2)11-9-15/h14-15,18H,6-12H2,1-5H3. The number of likely N-dealkylation sites (tertiary alicyclic amines) is 1. The SMILES string of the molecule is CCNC(C)(C#N)CC(C)N(C)C1CCN(CC)CC1. The molecule has 0 aromatic heterocycles. The van der Waals surface area contributed by atoms with Crippen LogP contribution in [0.25, 0.3) is 0 Å². The van der Waals surface area contributed by atoms with E-state index in [-0.39, 0.29) is 0 Å². The van der Waals surface area contributed by atoms with Gasteiger partial charge in [-0.25, -0.2) is 0 Å². The monoisotopic (exact) mass is 280 g/mol. The molecule has 2 atom stereocenters. The van der Waals surface area contributed by atoms with Crippen molar-refractivity contribution in [3.8, 4) is 6.07 Å². The maximum Gasteiger partial charge on any atom is 0.105 e. The molecule has 1 heterocycles. The lowest BCUT2D eigenvalue weighted by atomic mass is 9.92. The highest BCUT2D eigenvalue weighted by molar-refractivity contribution is 5.05. The minimum absolute atomic E-state index is 0.410. The minimum atomic E-state index is -0.410. The Morgan fingerprint density at radius 2 is 2.00 bits per heavy atom. The van der Waals surface area contributed by atoms with Crippen LogP contribution in [0.3, 0.4) is 0 Å².